The zero-order valence-electron chi connectivity index (χ0n) is 20.3. The number of benzene rings is 1. The van der Waals surface area contributed by atoms with Crippen LogP contribution in [0.25, 0.3) is 21.5 Å². The minimum atomic E-state index is -4.21. The van der Waals surface area contributed by atoms with Gasteiger partial charge in [0.1, 0.15) is 5.01 Å². The molecular formula is C25H31F3N6S. The summed E-state index contributed by atoms with van der Waals surface area (Å²) in [4.78, 5) is 0. The summed E-state index contributed by atoms with van der Waals surface area (Å²) in [6.07, 6.45) is 2.48. The molecule has 0 amide bonds. The van der Waals surface area contributed by atoms with Crippen molar-refractivity contribution in [3.05, 3.63) is 59.3 Å². The molecule has 6 nitrogen and oxygen atoms in total. The van der Waals surface area contributed by atoms with Gasteiger partial charge in [-0.3, -0.25) is 5.10 Å². The van der Waals surface area contributed by atoms with Crippen LogP contribution in [0.3, 0.4) is 0 Å². The van der Waals surface area contributed by atoms with Crippen molar-refractivity contribution in [3.63, 3.8) is 0 Å². The van der Waals surface area contributed by atoms with Crippen molar-refractivity contribution in [1.29, 1.82) is 0 Å². The Bertz CT molecular complexity index is 1200. The standard InChI is InChI=1S/C15H20N6S.C10H11F3/c1-9(2)16-6-7-17-15-21-20-14(22-15)11-4-5-13-12(8-11)10(3)18-19-13;1-8-4-2-6-9(7-3-5-8)10(11,12)13/h4-5,8-9,16H,6-7H2,1-3H3,(H,17,21)(H,18,19);2,4,6-7H,3,5H2,1H3/b;6-2-,8-4-,9-7+. The molecular weight excluding hydrogens is 473 g/mol. The molecule has 2 aromatic heterocycles. The molecule has 0 spiro atoms. The third kappa shape index (κ3) is 8.03. The first-order valence-electron chi connectivity index (χ1n) is 11.5. The number of nitrogens with zero attached hydrogens (tertiary/aromatic N) is 3. The number of H-pyrrole nitrogens is 1. The van der Waals surface area contributed by atoms with Crippen LogP contribution in [0.2, 0.25) is 0 Å². The third-order valence-corrected chi connectivity index (χ3v) is 6.19. The van der Waals surface area contributed by atoms with Gasteiger partial charge in [0.15, 0.2) is 0 Å². The molecule has 0 bridgehead atoms. The third-order valence-electron chi connectivity index (χ3n) is 5.26. The Hall–Kier alpha value is -2.98. The maximum Gasteiger partial charge on any atom is 0.416 e. The molecule has 3 aromatic rings. The number of hydrogen-bond donors (Lipinski definition) is 3. The molecule has 10 heteroatoms. The summed E-state index contributed by atoms with van der Waals surface area (Å²) in [7, 11) is 0. The molecule has 0 atom stereocenters. The Morgan fingerprint density at radius 2 is 1.94 bits per heavy atom. The van der Waals surface area contributed by atoms with E-state index in [2.05, 4.69) is 50.9 Å². The van der Waals surface area contributed by atoms with Gasteiger partial charge in [-0.05, 0) is 44.9 Å². The van der Waals surface area contributed by atoms with Crippen LogP contribution in [0.5, 0.6) is 0 Å². The summed E-state index contributed by atoms with van der Waals surface area (Å²) in [5.74, 6) is 0. The van der Waals surface area contributed by atoms with Crippen molar-refractivity contribution in [2.24, 2.45) is 0 Å². The van der Waals surface area contributed by atoms with E-state index in [1.54, 1.807) is 17.4 Å². The number of aromatic amines is 1. The summed E-state index contributed by atoms with van der Waals surface area (Å²) < 4.78 is 36.6. The molecule has 1 aliphatic rings. The number of fused-ring (bicyclic) bond motifs is 1. The fourth-order valence-electron chi connectivity index (χ4n) is 3.35. The predicted octanol–water partition coefficient (Wildman–Crippen LogP) is 6.57. The van der Waals surface area contributed by atoms with Crippen LogP contribution in [0, 0.1) is 6.92 Å². The summed E-state index contributed by atoms with van der Waals surface area (Å²) in [5, 5.41) is 25.3. The van der Waals surface area contributed by atoms with Crippen LogP contribution in [-0.2, 0) is 0 Å². The van der Waals surface area contributed by atoms with Crippen LogP contribution in [0.15, 0.2) is 53.6 Å². The molecule has 1 aliphatic carbocycles. The number of aromatic nitrogens is 4. The highest BCUT2D eigenvalue weighted by Crippen LogP contribution is 2.30. The number of hydrogen-bond acceptors (Lipinski definition) is 6. The van der Waals surface area contributed by atoms with E-state index in [4.69, 9.17) is 0 Å². The smallest absolute Gasteiger partial charge is 0.359 e. The largest absolute Gasteiger partial charge is 0.416 e. The normalized spacial score (nSPS) is 18.1. The minimum Gasteiger partial charge on any atom is -0.359 e. The molecule has 0 saturated carbocycles. The Balaban J connectivity index is 0.000000225. The molecule has 2 heterocycles. The Morgan fingerprint density at radius 3 is 2.69 bits per heavy atom. The van der Waals surface area contributed by atoms with Gasteiger partial charge in [0.05, 0.1) is 11.1 Å². The average molecular weight is 505 g/mol. The molecule has 4 rings (SSSR count). The van der Waals surface area contributed by atoms with Crippen molar-refractivity contribution in [2.75, 3.05) is 18.4 Å². The maximum absolute atomic E-state index is 12.2. The number of anilines is 1. The van der Waals surface area contributed by atoms with E-state index >= 15 is 0 Å². The quantitative estimate of drug-likeness (QED) is 0.331. The second-order valence-corrected chi connectivity index (χ2v) is 9.57. The first-order valence-corrected chi connectivity index (χ1v) is 12.3. The van der Waals surface area contributed by atoms with Crippen LogP contribution in [-0.4, -0.2) is 45.7 Å². The molecule has 1 aromatic carbocycles. The predicted molar refractivity (Wildman–Crippen MR) is 138 cm³/mol. The lowest BCUT2D eigenvalue weighted by molar-refractivity contribution is -0.0884. The Labute approximate surface area is 207 Å². The van der Waals surface area contributed by atoms with Crippen molar-refractivity contribution >= 4 is 27.4 Å². The molecule has 0 radical (unpaired) electrons. The van der Waals surface area contributed by atoms with Crippen LogP contribution < -0.4 is 10.6 Å². The van der Waals surface area contributed by atoms with E-state index in [0.29, 0.717) is 18.9 Å². The van der Waals surface area contributed by atoms with Crippen LogP contribution >= 0.6 is 11.3 Å². The van der Waals surface area contributed by atoms with E-state index < -0.39 is 11.7 Å². The molecule has 0 aliphatic heterocycles. The van der Waals surface area contributed by atoms with Gasteiger partial charge < -0.3 is 10.6 Å². The maximum atomic E-state index is 12.2. The fraction of sp³-hybridized carbons (Fsp3) is 0.400. The van der Waals surface area contributed by atoms with Crippen molar-refractivity contribution < 1.29 is 13.2 Å². The average Bonchev–Trinajstić information content (AvgIpc) is 3.40. The highest BCUT2D eigenvalue weighted by Gasteiger charge is 2.31. The van der Waals surface area contributed by atoms with Crippen molar-refractivity contribution in [1.82, 2.24) is 25.7 Å². The number of alkyl halides is 3. The molecule has 35 heavy (non-hydrogen) atoms. The van der Waals surface area contributed by atoms with Gasteiger partial charge in [-0.2, -0.15) is 18.3 Å². The van der Waals surface area contributed by atoms with E-state index in [9.17, 15) is 13.2 Å². The second-order valence-electron chi connectivity index (χ2n) is 8.60. The zero-order chi connectivity index (χ0) is 25.4. The SMILES string of the molecule is C/C1=C/C=C\C(C(F)(F)F)=C/CC1.Cc1[nH]nc2ccc(-c3nnc(NCCNC(C)C)s3)cc12. The lowest BCUT2D eigenvalue weighted by atomic mass is 10.1. The van der Waals surface area contributed by atoms with Gasteiger partial charge in [0.2, 0.25) is 5.13 Å². The van der Waals surface area contributed by atoms with Gasteiger partial charge in [-0.1, -0.05) is 55.1 Å². The topological polar surface area (TPSA) is 78.5 Å². The molecule has 188 valence electrons. The zero-order valence-corrected chi connectivity index (χ0v) is 21.1. The number of halogens is 3. The van der Waals surface area contributed by atoms with Crippen LogP contribution in [0.4, 0.5) is 18.3 Å². The van der Waals surface area contributed by atoms with Gasteiger partial charge in [-0.25, -0.2) is 0 Å². The summed E-state index contributed by atoms with van der Waals surface area (Å²) in [5.41, 5.74) is 3.68. The van der Waals surface area contributed by atoms with E-state index in [0.717, 1.165) is 57.0 Å². The van der Waals surface area contributed by atoms with Crippen molar-refractivity contribution in [3.8, 4) is 10.6 Å². The highest BCUT2D eigenvalue weighted by atomic mass is 32.1. The highest BCUT2D eigenvalue weighted by molar-refractivity contribution is 7.18. The van der Waals surface area contributed by atoms with Gasteiger partial charge in [-0.15, -0.1) is 10.2 Å². The van der Waals surface area contributed by atoms with Gasteiger partial charge >= 0.3 is 6.18 Å². The van der Waals surface area contributed by atoms with E-state index in [1.807, 2.05) is 26.0 Å². The molecule has 0 fully saturated rings. The fourth-order valence-corrected chi connectivity index (χ4v) is 4.11. The van der Waals surface area contributed by atoms with Gasteiger partial charge in [0.25, 0.3) is 0 Å². The number of allylic oxidation sites excluding steroid dienone is 6. The lowest BCUT2D eigenvalue weighted by Crippen LogP contribution is -2.28. The molecule has 0 saturated heterocycles. The summed E-state index contributed by atoms with van der Waals surface area (Å²) in [6.45, 7) is 9.96. The monoisotopic (exact) mass is 504 g/mol. The van der Waals surface area contributed by atoms with E-state index in [1.165, 1.54) is 12.2 Å². The summed E-state index contributed by atoms with van der Waals surface area (Å²) in [6, 6.07) is 6.65. The van der Waals surface area contributed by atoms with E-state index in [-0.39, 0.29) is 0 Å². The first kappa shape index (κ1) is 26.6. The van der Waals surface area contributed by atoms with Crippen molar-refractivity contribution in [2.45, 2.75) is 52.8 Å². The Kier molecular flexibility index (Phi) is 9.22. The number of rotatable bonds is 6. The number of aryl methyl sites for hydroxylation is 1. The minimum absolute atomic E-state index is 0.460. The molecule has 0 unspecified atom stereocenters. The number of nitrogens with one attached hydrogen (secondary N) is 3. The lowest BCUT2D eigenvalue weighted by Gasteiger charge is -2.09. The first-order chi connectivity index (χ1) is 16.6. The summed E-state index contributed by atoms with van der Waals surface area (Å²) >= 11 is 1.57. The Morgan fingerprint density at radius 1 is 1.14 bits per heavy atom. The second kappa shape index (κ2) is 12.1. The van der Waals surface area contributed by atoms with Gasteiger partial charge in [0, 0.05) is 35.8 Å². The van der Waals surface area contributed by atoms with Crippen LogP contribution in [0.1, 0.15) is 39.3 Å². The molecule has 3 N–H and O–H groups in total.